The highest BCUT2D eigenvalue weighted by Gasteiger charge is 2.81. The van der Waals surface area contributed by atoms with Crippen molar-refractivity contribution in [3.8, 4) is 0 Å². The van der Waals surface area contributed by atoms with Crippen molar-refractivity contribution in [1.29, 1.82) is 0 Å². The van der Waals surface area contributed by atoms with E-state index < -0.39 is 47.3 Å². The van der Waals surface area contributed by atoms with Crippen LogP contribution in [0.1, 0.15) is 0 Å². The number of hydrogen-bond donors (Lipinski definition) is 0. The molecule has 4 nitrogen and oxygen atoms in total. The van der Waals surface area contributed by atoms with Crippen LogP contribution in [0.15, 0.2) is 11.4 Å². The lowest BCUT2D eigenvalue weighted by Gasteiger charge is -2.34. The molecular weight excluding hydrogens is 374 g/mol. The Hall–Kier alpha value is -2.02. The first-order valence-corrected chi connectivity index (χ1v) is 5.27. The van der Waals surface area contributed by atoms with Crippen LogP contribution in [0.25, 0.3) is 0 Å². The monoisotopic (exact) mass is 380 g/mol. The molecule has 0 saturated carbocycles. The van der Waals surface area contributed by atoms with Crippen molar-refractivity contribution in [1.82, 2.24) is 0 Å². The van der Waals surface area contributed by atoms with Crippen LogP contribution < -0.4 is 0 Å². The van der Waals surface area contributed by atoms with Gasteiger partial charge in [0.25, 0.3) is 0 Å². The van der Waals surface area contributed by atoms with E-state index >= 15 is 0 Å². The minimum absolute atomic E-state index is 0.0484. The van der Waals surface area contributed by atoms with Gasteiger partial charge in [0, 0.05) is 0 Å². The Morgan fingerprint density at radius 3 is 1.33 bits per heavy atom. The van der Waals surface area contributed by atoms with Crippen molar-refractivity contribution in [2.75, 3.05) is 14.2 Å². The molecule has 0 unspecified atom stereocenters. The number of esters is 2. The fourth-order valence-electron chi connectivity index (χ4n) is 1.50. The number of rotatable bonds is 3. The predicted molar refractivity (Wildman–Crippen MR) is 52.8 cm³/mol. The summed E-state index contributed by atoms with van der Waals surface area (Å²) < 4.78 is 135. The second kappa shape index (κ2) is 6.47. The van der Waals surface area contributed by atoms with E-state index in [-0.39, 0.29) is 14.2 Å². The Kier molecular flexibility index (Phi) is 5.93. The molecule has 0 aliphatic rings. The second-order valence-electron chi connectivity index (χ2n) is 3.92. The summed E-state index contributed by atoms with van der Waals surface area (Å²) in [6.07, 6.45) is -20.3. The molecule has 0 spiro atoms. The smallest absolute Gasteiger partial charge is 0.425 e. The SMILES string of the molecule is COC(=O)C(=C(F)C(C(=O)OC)(C(F)(F)F)C(F)(F)F)C(F)(F)F. The molecule has 0 heterocycles. The first-order chi connectivity index (χ1) is 10.5. The van der Waals surface area contributed by atoms with E-state index in [4.69, 9.17) is 0 Å². The zero-order chi connectivity index (χ0) is 19.7. The zero-order valence-corrected chi connectivity index (χ0v) is 11.4. The van der Waals surface area contributed by atoms with Gasteiger partial charge in [-0.3, -0.25) is 4.79 Å². The number of ether oxygens (including phenoxy) is 2. The summed E-state index contributed by atoms with van der Waals surface area (Å²) in [4.78, 5) is 21.9. The molecule has 14 heteroatoms. The van der Waals surface area contributed by atoms with Gasteiger partial charge >= 0.3 is 35.9 Å². The van der Waals surface area contributed by atoms with Gasteiger partial charge in [0.1, 0.15) is 0 Å². The van der Waals surface area contributed by atoms with E-state index in [0.717, 1.165) is 0 Å². The molecule has 0 atom stereocenters. The quantitative estimate of drug-likeness (QED) is 0.429. The average Bonchev–Trinajstić information content (AvgIpc) is 2.33. The largest absolute Gasteiger partial charge is 0.468 e. The number of hydrogen-bond acceptors (Lipinski definition) is 4. The number of halogens is 10. The number of carbonyl (C=O) groups excluding carboxylic acids is 2. The van der Waals surface area contributed by atoms with E-state index in [1.165, 1.54) is 0 Å². The van der Waals surface area contributed by atoms with Gasteiger partial charge in [0.2, 0.25) is 0 Å². The van der Waals surface area contributed by atoms with Crippen molar-refractivity contribution in [2.45, 2.75) is 18.5 Å². The standard InChI is InChI=1S/C10H6F10O4/c1-23-5(21)3(8(12,13)14)4(11)7(6(22)24-2,9(15,16)17)10(18,19)20/h1-2H3. The third-order valence-electron chi connectivity index (χ3n) is 2.56. The summed E-state index contributed by atoms with van der Waals surface area (Å²) in [7, 11) is 0.0929. The maximum Gasteiger partial charge on any atom is 0.425 e. The highest BCUT2D eigenvalue weighted by atomic mass is 19.4. The summed E-state index contributed by atoms with van der Waals surface area (Å²) in [6, 6.07) is 0. The van der Waals surface area contributed by atoms with Crippen LogP contribution in [0.2, 0.25) is 0 Å². The molecule has 0 N–H and O–H groups in total. The summed E-state index contributed by atoms with van der Waals surface area (Å²) in [5, 5.41) is 0. The van der Waals surface area contributed by atoms with Crippen LogP contribution in [0, 0.1) is 5.41 Å². The van der Waals surface area contributed by atoms with Crippen molar-refractivity contribution in [3.05, 3.63) is 11.4 Å². The van der Waals surface area contributed by atoms with E-state index in [2.05, 4.69) is 9.47 Å². The van der Waals surface area contributed by atoms with Crippen molar-refractivity contribution >= 4 is 11.9 Å². The van der Waals surface area contributed by atoms with Gasteiger partial charge in [-0.25, -0.2) is 9.18 Å². The maximum atomic E-state index is 13.9. The molecule has 0 amide bonds. The van der Waals surface area contributed by atoms with E-state index in [9.17, 15) is 53.5 Å². The number of carbonyl (C=O) groups is 2. The fraction of sp³-hybridized carbons (Fsp3) is 0.600. The van der Waals surface area contributed by atoms with Gasteiger partial charge in [0.05, 0.1) is 14.2 Å². The molecule has 0 aliphatic carbocycles. The fourth-order valence-corrected chi connectivity index (χ4v) is 1.50. The molecule has 0 saturated heterocycles. The molecule has 0 fully saturated rings. The lowest BCUT2D eigenvalue weighted by molar-refractivity contribution is -0.323. The van der Waals surface area contributed by atoms with Crippen LogP contribution in [-0.2, 0) is 19.1 Å². The lowest BCUT2D eigenvalue weighted by Crippen LogP contribution is -2.57. The highest BCUT2D eigenvalue weighted by molar-refractivity contribution is 5.93. The predicted octanol–water partition coefficient (Wildman–Crippen LogP) is 3.23. The zero-order valence-electron chi connectivity index (χ0n) is 11.4. The van der Waals surface area contributed by atoms with Crippen molar-refractivity contribution in [2.24, 2.45) is 5.41 Å². The van der Waals surface area contributed by atoms with Gasteiger partial charge in [-0.05, 0) is 0 Å². The first-order valence-electron chi connectivity index (χ1n) is 5.27. The second-order valence-corrected chi connectivity index (χ2v) is 3.92. The Balaban J connectivity index is 7.26. The van der Waals surface area contributed by atoms with Crippen LogP contribution in [0.4, 0.5) is 43.9 Å². The molecule has 0 rings (SSSR count). The number of methoxy groups -OCH3 is 2. The molecular formula is C10H6F10O4. The summed E-state index contributed by atoms with van der Waals surface area (Å²) in [5.41, 5.74) is -9.95. The third kappa shape index (κ3) is 3.40. The van der Waals surface area contributed by atoms with E-state index in [1.54, 1.807) is 0 Å². The van der Waals surface area contributed by atoms with E-state index in [0.29, 0.717) is 0 Å². The van der Waals surface area contributed by atoms with Crippen LogP contribution >= 0.6 is 0 Å². The molecule has 0 aromatic carbocycles. The third-order valence-corrected chi connectivity index (χ3v) is 2.56. The van der Waals surface area contributed by atoms with E-state index in [1.807, 2.05) is 0 Å². The Labute approximate surface area is 126 Å². The van der Waals surface area contributed by atoms with Crippen LogP contribution in [0.5, 0.6) is 0 Å². The summed E-state index contributed by atoms with van der Waals surface area (Å²) in [6.45, 7) is 0. The molecule has 0 bridgehead atoms. The normalized spacial score (nSPS) is 14.8. The van der Waals surface area contributed by atoms with Gasteiger partial charge in [-0.1, -0.05) is 0 Å². The van der Waals surface area contributed by atoms with Gasteiger partial charge in [-0.15, -0.1) is 0 Å². The topological polar surface area (TPSA) is 52.6 Å². The Morgan fingerprint density at radius 2 is 1.12 bits per heavy atom. The Morgan fingerprint density at radius 1 is 0.750 bits per heavy atom. The van der Waals surface area contributed by atoms with Crippen molar-refractivity contribution in [3.63, 3.8) is 0 Å². The molecule has 24 heavy (non-hydrogen) atoms. The molecule has 140 valence electrons. The molecule has 0 aromatic heterocycles. The minimum atomic E-state index is -6.97. The molecule has 0 aliphatic heterocycles. The highest BCUT2D eigenvalue weighted by Crippen LogP contribution is 2.58. The van der Waals surface area contributed by atoms with Crippen LogP contribution in [0.3, 0.4) is 0 Å². The maximum absolute atomic E-state index is 13.9. The number of alkyl halides is 9. The van der Waals surface area contributed by atoms with Crippen LogP contribution in [-0.4, -0.2) is 44.7 Å². The van der Waals surface area contributed by atoms with Gasteiger partial charge in [0.15, 0.2) is 11.4 Å². The Bertz CT molecular complexity index is 525. The first kappa shape index (κ1) is 22.0. The molecule has 0 aromatic rings. The van der Waals surface area contributed by atoms with Gasteiger partial charge < -0.3 is 9.47 Å². The van der Waals surface area contributed by atoms with Crippen molar-refractivity contribution < 1.29 is 63.0 Å². The molecule has 0 radical (unpaired) electrons. The summed E-state index contributed by atoms with van der Waals surface area (Å²) >= 11 is 0. The minimum Gasteiger partial charge on any atom is -0.468 e. The van der Waals surface area contributed by atoms with Gasteiger partial charge in [-0.2, -0.15) is 39.5 Å². The lowest BCUT2D eigenvalue weighted by atomic mass is 9.82. The average molecular weight is 380 g/mol. The summed E-state index contributed by atoms with van der Waals surface area (Å²) in [5.74, 6) is -10.5.